The lowest BCUT2D eigenvalue weighted by Gasteiger charge is -2.59. The minimum absolute atomic E-state index is 0.0186. The quantitative estimate of drug-likeness (QED) is 0.503. The molecular formula is C30H39N3OS. The number of nitrogen functional groups attached to an aromatic ring is 1. The smallest absolute Gasteiger partial charge is 0.263 e. The summed E-state index contributed by atoms with van der Waals surface area (Å²) in [5.41, 5.74) is 9.07. The third kappa shape index (κ3) is 3.15. The van der Waals surface area contributed by atoms with Gasteiger partial charge in [-0.15, -0.1) is 11.3 Å². The molecule has 1 amide bonds. The summed E-state index contributed by atoms with van der Waals surface area (Å²) < 4.78 is 0. The van der Waals surface area contributed by atoms with E-state index in [0.717, 1.165) is 45.7 Å². The molecule has 8 aliphatic carbocycles. The molecule has 3 N–H and O–H groups in total. The SMILES string of the molecule is C[C@@H](NC(=O)c1sc2nc(C34CC5CC(CC(C5)C3)C4)ccc2c1N)C12CC3CC(CC(C3)C1)C2. The number of carbonyl (C=O) groups is 1. The number of nitrogens with zero attached hydrogens (tertiary/aromatic N) is 1. The van der Waals surface area contributed by atoms with Crippen molar-refractivity contribution in [1.29, 1.82) is 0 Å². The number of pyridine rings is 1. The molecule has 8 saturated carbocycles. The molecule has 186 valence electrons. The number of thiophene rings is 1. The van der Waals surface area contributed by atoms with Gasteiger partial charge in [-0.3, -0.25) is 4.79 Å². The largest absolute Gasteiger partial charge is 0.397 e. The summed E-state index contributed by atoms with van der Waals surface area (Å²) in [4.78, 5) is 20.4. The van der Waals surface area contributed by atoms with Gasteiger partial charge in [0.2, 0.25) is 0 Å². The summed E-state index contributed by atoms with van der Waals surface area (Å²) in [6, 6.07) is 4.63. The summed E-state index contributed by atoms with van der Waals surface area (Å²) in [5, 5.41) is 4.41. The Balaban J connectivity index is 1.07. The van der Waals surface area contributed by atoms with Gasteiger partial charge in [-0.2, -0.15) is 0 Å². The van der Waals surface area contributed by atoms with Crippen molar-refractivity contribution in [3.8, 4) is 0 Å². The number of rotatable bonds is 4. The maximum atomic E-state index is 13.5. The van der Waals surface area contributed by atoms with E-state index in [-0.39, 0.29) is 17.4 Å². The zero-order valence-electron chi connectivity index (χ0n) is 21.0. The van der Waals surface area contributed by atoms with E-state index < -0.39 is 0 Å². The predicted molar refractivity (Wildman–Crippen MR) is 141 cm³/mol. The predicted octanol–water partition coefficient (Wildman–Crippen LogP) is 6.68. The highest BCUT2D eigenvalue weighted by molar-refractivity contribution is 7.21. The zero-order chi connectivity index (χ0) is 23.5. The van der Waals surface area contributed by atoms with E-state index in [1.165, 1.54) is 94.1 Å². The number of amides is 1. The maximum absolute atomic E-state index is 13.5. The van der Waals surface area contributed by atoms with Crippen LogP contribution in [0.2, 0.25) is 0 Å². The van der Waals surface area contributed by atoms with Crippen LogP contribution >= 0.6 is 11.3 Å². The molecule has 8 fully saturated rings. The molecule has 0 aliphatic heterocycles. The molecule has 8 bridgehead atoms. The van der Waals surface area contributed by atoms with E-state index in [2.05, 4.69) is 24.4 Å². The van der Waals surface area contributed by atoms with Gasteiger partial charge in [0.15, 0.2) is 0 Å². The molecular weight excluding hydrogens is 450 g/mol. The van der Waals surface area contributed by atoms with Gasteiger partial charge in [-0.05, 0) is 137 Å². The normalized spacial score (nSPS) is 43.7. The van der Waals surface area contributed by atoms with Gasteiger partial charge in [0.1, 0.15) is 9.71 Å². The van der Waals surface area contributed by atoms with E-state index in [0.29, 0.717) is 16.0 Å². The Bertz CT molecular complexity index is 1140. The average Bonchev–Trinajstić information content (AvgIpc) is 3.13. The summed E-state index contributed by atoms with van der Waals surface area (Å²) in [5.74, 6) is 5.40. The monoisotopic (exact) mass is 489 g/mol. The highest BCUT2D eigenvalue weighted by atomic mass is 32.1. The van der Waals surface area contributed by atoms with Crippen molar-refractivity contribution in [3.63, 3.8) is 0 Å². The standard InChI is InChI=1S/C30H39N3OS/c1-16(29-10-17-4-18(11-29)6-19(5-17)12-29)32-27(34)26-25(31)23-2-3-24(33-28(23)35-26)30-13-20-7-21(14-30)9-22(8-20)15-30/h2-3,16-22H,4-15,31H2,1H3,(H,32,34)/t16-,17?,18?,19?,20?,21?,22?,29?,30?/m1/s1. The molecule has 2 heterocycles. The number of aromatic nitrogens is 1. The van der Waals surface area contributed by atoms with Crippen molar-refractivity contribution in [3.05, 3.63) is 22.7 Å². The van der Waals surface area contributed by atoms with Crippen molar-refractivity contribution >= 4 is 33.1 Å². The minimum Gasteiger partial charge on any atom is -0.397 e. The molecule has 0 aromatic carbocycles. The van der Waals surface area contributed by atoms with Crippen LogP contribution in [0, 0.1) is 40.9 Å². The molecule has 10 rings (SSSR count). The summed E-state index contributed by atoms with van der Waals surface area (Å²) in [6.45, 7) is 2.26. The van der Waals surface area contributed by atoms with Gasteiger partial charge < -0.3 is 11.1 Å². The Morgan fingerprint density at radius 1 is 0.914 bits per heavy atom. The lowest BCUT2D eigenvalue weighted by molar-refractivity contribution is -0.0687. The van der Waals surface area contributed by atoms with Crippen LogP contribution in [-0.4, -0.2) is 16.9 Å². The average molecular weight is 490 g/mol. The van der Waals surface area contributed by atoms with Crippen LogP contribution in [0.3, 0.4) is 0 Å². The van der Waals surface area contributed by atoms with E-state index in [1.807, 2.05) is 0 Å². The van der Waals surface area contributed by atoms with Crippen molar-refractivity contribution in [2.75, 3.05) is 5.73 Å². The van der Waals surface area contributed by atoms with Crippen molar-refractivity contribution in [1.82, 2.24) is 10.3 Å². The molecule has 0 unspecified atom stereocenters. The topological polar surface area (TPSA) is 68.0 Å². The van der Waals surface area contributed by atoms with Gasteiger partial charge in [0.05, 0.1) is 5.69 Å². The van der Waals surface area contributed by atoms with Crippen molar-refractivity contribution in [2.24, 2.45) is 40.9 Å². The Hall–Kier alpha value is -1.62. The molecule has 0 saturated heterocycles. The number of nitrogens with one attached hydrogen (secondary N) is 1. The van der Waals surface area contributed by atoms with Gasteiger partial charge in [-0.25, -0.2) is 4.98 Å². The first-order chi connectivity index (χ1) is 16.9. The molecule has 5 heteroatoms. The number of anilines is 1. The fraction of sp³-hybridized carbons (Fsp3) is 0.733. The van der Waals surface area contributed by atoms with Crippen LogP contribution < -0.4 is 11.1 Å². The molecule has 4 nitrogen and oxygen atoms in total. The van der Waals surface area contributed by atoms with Crippen LogP contribution in [0.15, 0.2) is 12.1 Å². The molecule has 2 aromatic rings. The van der Waals surface area contributed by atoms with Crippen molar-refractivity contribution in [2.45, 2.75) is 95.4 Å². The number of hydrogen-bond donors (Lipinski definition) is 2. The first kappa shape index (κ1) is 21.5. The third-order valence-electron chi connectivity index (χ3n) is 11.7. The number of nitrogens with two attached hydrogens (primary N) is 1. The second-order valence-electron chi connectivity index (χ2n) is 14.1. The Labute approximate surface area is 212 Å². The lowest BCUT2D eigenvalue weighted by atomic mass is 9.48. The second kappa shape index (κ2) is 7.24. The summed E-state index contributed by atoms with van der Waals surface area (Å²) in [6.07, 6.45) is 16.5. The van der Waals surface area contributed by atoms with Crippen LogP contribution in [0.5, 0.6) is 0 Å². The van der Waals surface area contributed by atoms with E-state index in [1.54, 1.807) is 0 Å². The number of fused-ring (bicyclic) bond motifs is 1. The van der Waals surface area contributed by atoms with E-state index in [4.69, 9.17) is 10.7 Å². The lowest BCUT2D eigenvalue weighted by Crippen LogP contribution is -2.55. The first-order valence-corrected chi connectivity index (χ1v) is 15.2. The van der Waals surface area contributed by atoms with E-state index in [9.17, 15) is 4.79 Å². The van der Waals surface area contributed by atoms with Crippen LogP contribution in [0.4, 0.5) is 5.69 Å². The van der Waals surface area contributed by atoms with Crippen LogP contribution in [-0.2, 0) is 5.41 Å². The van der Waals surface area contributed by atoms with Crippen LogP contribution in [0.1, 0.15) is 99.3 Å². The van der Waals surface area contributed by atoms with Gasteiger partial charge >= 0.3 is 0 Å². The van der Waals surface area contributed by atoms with Crippen LogP contribution in [0.25, 0.3) is 10.2 Å². The third-order valence-corrected chi connectivity index (χ3v) is 12.8. The zero-order valence-corrected chi connectivity index (χ0v) is 21.8. The van der Waals surface area contributed by atoms with Crippen molar-refractivity contribution < 1.29 is 4.79 Å². The fourth-order valence-corrected chi connectivity index (χ4v) is 12.0. The van der Waals surface area contributed by atoms with Gasteiger partial charge in [0.25, 0.3) is 5.91 Å². The number of carbonyl (C=O) groups excluding carboxylic acids is 1. The summed E-state index contributed by atoms with van der Waals surface area (Å²) in [7, 11) is 0. The Kier molecular flexibility index (Phi) is 4.44. The molecule has 35 heavy (non-hydrogen) atoms. The minimum atomic E-state index is 0.0186. The maximum Gasteiger partial charge on any atom is 0.263 e. The van der Waals surface area contributed by atoms with E-state index >= 15 is 0 Å². The highest BCUT2D eigenvalue weighted by Crippen LogP contribution is 2.62. The molecule has 2 aromatic heterocycles. The molecule has 0 spiro atoms. The second-order valence-corrected chi connectivity index (χ2v) is 15.1. The first-order valence-electron chi connectivity index (χ1n) is 14.4. The summed E-state index contributed by atoms with van der Waals surface area (Å²) >= 11 is 1.52. The van der Waals surface area contributed by atoms with Gasteiger partial charge in [-0.1, -0.05) is 0 Å². The molecule has 8 aliphatic rings. The Morgan fingerprint density at radius 2 is 1.43 bits per heavy atom. The molecule has 0 radical (unpaired) electrons. The number of hydrogen-bond acceptors (Lipinski definition) is 4. The molecule has 1 atom stereocenters. The fourth-order valence-electron chi connectivity index (χ4n) is 11.0. The Morgan fingerprint density at radius 3 is 1.97 bits per heavy atom. The highest BCUT2D eigenvalue weighted by Gasteiger charge is 2.54. The van der Waals surface area contributed by atoms with Gasteiger partial charge in [0, 0.05) is 22.5 Å².